The third kappa shape index (κ3) is 2.73. The van der Waals surface area contributed by atoms with E-state index in [1.165, 1.54) is 6.08 Å². The summed E-state index contributed by atoms with van der Waals surface area (Å²) in [7, 11) is 0. The Morgan fingerprint density at radius 2 is 1.57 bits per heavy atom. The molecule has 0 spiro atoms. The third-order valence-electron chi connectivity index (χ3n) is 3.23. The number of allylic oxidation sites excluding steroid dienone is 2. The lowest BCUT2D eigenvalue weighted by atomic mass is 9.94. The summed E-state index contributed by atoms with van der Waals surface area (Å²) in [5, 5.41) is 0.635. The largest absolute Gasteiger partial charge is 0.485 e. The van der Waals surface area contributed by atoms with Crippen molar-refractivity contribution in [3.8, 4) is 0 Å². The molecule has 21 heavy (non-hydrogen) atoms. The van der Waals surface area contributed by atoms with Crippen LogP contribution in [0.4, 0.5) is 0 Å². The van der Waals surface area contributed by atoms with Gasteiger partial charge in [-0.15, -0.1) is 0 Å². The van der Waals surface area contributed by atoms with Crippen molar-refractivity contribution in [3.63, 3.8) is 0 Å². The van der Waals surface area contributed by atoms with Gasteiger partial charge >= 0.3 is 0 Å². The van der Waals surface area contributed by atoms with Crippen LogP contribution in [0.2, 0.25) is 5.02 Å². The van der Waals surface area contributed by atoms with Crippen LogP contribution >= 0.6 is 11.6 Å². The second-order valence-electron chi connectivity index (χ2n) is 4.66. The van der Waals surface area contributed by atoms with E-state index in [-0.39, 0.29) is 23.9 Å². The summed E-state index contributed by atoms with van der Waals surface area (Å²) >= 11 is 5.81. The van der Waals surface area contributed by atoms with Gasteiger partial charge in [0.1, 0.15) is 6.61 Å². The monoisotopic (exact) mass is 298 g/mol. The maximum Gasteiger partial charge on any atom is 0.228 e. The summed E-state index contributed by atoms with van der Waals surface area (Å²) in [5.74, 6) is -0.399. The van der Waals surface area contributed by atoms with Crippen LogP contribution < -0.4 is 0 Å². The maximum atomic E-state index is 12.3. The van der Waals surface area contributed by atoms with Crippen LogP contribution in [0.5, 0.6) is 0 Å². The lowest BCUT2D eigenvalue weighted by Gasteiger charge is -2.15. The van der Waals surface area contributed by atoms with Gasteiger partial charge in [-0.1, -0.05) is 48.0 Å². The SMILES string of the molecule is O=C1C=C(OCc2ccc(Cl)cc2)C(=O)c2ccccc21. The highest BCUT2D eigenvalue weighted by atomic mass is 35.5. The Morgan fingerprint density at radius 3 is 2.29 bits per heavy atom. The molecule has 0 aliphatic heterocycles. The fourth-order valence-electron chi connectivity index (χ4n) is 2.14. The predicted octanol–water partition coefficient (Wildman–Crippen LogP) is 3.82. The predicted molar refractivity (Wildman–Crippen MR) is 79.4 cm³/mol. The molecule has 4 heteroatoms. The van der Waals surface area contributed by atoms with E-state index in [9.17, 15) is 9.59 Å². The highest BCUT2D eigenvalue weighted by molar-refractivity contribution is 6.30. The van der Waals surface area contributed by atoms with Crippen molar-refractivity contribution in [3.05, 3.63) is 82.1 Å². The standard InChI is InChI=1S/C17H11ClO3/c18-12-7-5-11(6-8-12)10-21-16-9-15(19)13-3-1-2-4-14(13)17(16)20/h1-9H,10H2. The van der Waals surface area contributed by atoms with Gasteiger partial charge in [-0.3, -0.25) is 9.59 Å². The number of rotatable bonds is 3. The molecular formula is C17H11ClO3. The van der Waals surface area contributed by atoms with E-state index in [4.69, 9.17) is 16.3 Å². The Labute approximate surface area is 126 Å². The van der Waals surface area contributed by atoms with Gasteiger partial charge in [0, 0.05) is 22.2 Å². The molecule has 3 rings (SSSR count). The zero-order valence-electron chi connectivity index (χ0n) is 11.0. The zero-order valence-corrected chi connectivity index (χ0v) is 11.8. The minimum atomic E-state index is -0.265. The van der Waals surface area contributed by atoms with Gasteiger partial charge < -0.3 is 4.74 Å². The number of carbonyl (C=O) groups is 2. The Morgan fingerprint density at radius 1 is 0.905 bits per heavy atom. The molecule has 0 atom stereocenters. The van der Waals surface area contributed by atoms with Gasteiger partial charge in [-0.25, -0.2) is 0 Å². The molecule has 0 radical (unpaired) electrons. The first-order valence-electron chi connectivity index (χ1n) is 6.42. The summed E-state index contributed by atoms with van der Waals surface area (Å²) < 4.78 is 5.50. The molecule has 3 nitrogen and oxygen atoms in total. The molecule has 1 aliphatic carbocycles. The molecule has 0 amide bonds. The second-order valence-corrected chi connectivity index (χ2v) is 5.10. The average Bonchev–Trinajstić information content (AvgIpc) is 2.51. The van der Waals surface area contributed by atoms with E-state index < -0.39 is 0 Å². The van der Waals surface area contributed by atoms with Crippen LogP contribution in [0.1, 0.15) is 26.3 Å². The number of hydrogen-bond donors (Lipinski definition) is 0. The lowest BCUT2D eigenvalue weighted by Crippen LogP contribution is -2.18. The Bertz CT molecular complexity index is 745. The van der Waals surface area contributed by atoms with Gasteiger partial charge in [0.2, 0.25) is 5.78 Å². The number of halogens is 1. The number of Topliss-reactive ketones (excluding diaryl/α,β-unsaturated/α-hetero) is 1. The Balaban J connectivity index is 1.79. The second kappa shape index (κ2) is 5.54. The number of fused-ring (bicyclic) bond motifs is 1. The molecule has 1 aliphatic rings. The number of ketones is 2. The Kier molecular flexibility index (Phi) is 3.59. The molecular weight excluding hydrogens is 288 g/mol. The van der Waals surface area contributed by atoms with Crippen molar-refractivity contribution in [1.29, 1.82) is 0 Å². The fraction of sp³-hybridized carbons (Fsp3) is 0.0588. The normalized spacial score (nSPS) is 13.7. The lowest BCUT2D eigenvalue weighted by molar-refractivity contribution is 0.0870. The van der Waals surface area contributed by atoms with Crippen molar-refractivity contribution < 1.29 is 14.3 Å². The van der Waals surface area contributed by atoms with Crippen LogP contribution in [-0.2, 0) is 11.3 Å². The Hall–Kier alpha value is -2.39. The van der Waals surface area contributed by atoms with Crippen LogP contribution in [0.15, 0.2) is 60.4 Å². The van der Waals surface area contributed by atoms with Crippen molar-refractivity contribution in [2.45, 2.75) is 6.61 Å². The summed E-state index contributed by atoms with van der Waals surface area (Å²) in [6.07, 6.45) is 1.25. The van der Waals surface area contributed by atoms with Gasteiger partial charge in [-0.05, 0) is 17.7 Å². The van der Waals surface area contributed by atoms with Crippen LogP contribution in [0.3, 0.4) is 0 Å². The van der Waals surface area contributed by atoms with Crippen LogP contribution in [-0.4, -0.2) is 11.6 Å². The van der Waals surface area contributed by atoms with E-state index >= 15 is 0 Å². The number of ether oxygens (including phenoxy) is 1. The van der Waals surface area contributed by atoms with E-state index in [1.807, 2.05) is 12.1 Å². The van der Waals surface area contributed by atoms with Crippen molar-refractivity contribution in [2.24, 2.45) is 0 Å². The molecule has 0 N–H and O–H groups in total. The summed E-state index contributed by atoms with van der Waals surface area (Å²) in [4.78, 5) is 24.2. The third-order valence-corrected chi connectivity index (χ3v) is 3.48. The molecule has 104 valence electrons. The number of carbonyl (C=O) groups excluding carboxylic acids is 2. The van der Waals surface area contributed by atoms with Crippen molar-refractivity contribution in [2.75, 3.05) is 0 Å². The van der Waals surface area contributed by atoms with Crippen molar-refractivity contribution in [1.82, 2.24) is 0 Å². The van der Waals surface area contributed by atoms with Crippen LogP contribution in [0.25, 0.3) is 0 Å². The van der Waals surface area contributed by atoms with E-state index in [0.717, 1.165) is 5.56 Å². The molecule has 0 heterocycles. The van der Waals surface area contributed by atoms with Crippen molar-refractivity contribution >= 4 is 23.2 Å². The molecule has 0 fully saturated rings. The quantitative estimate of drug-likeness (QED) is 0.865. The first-order valence-corrected chi connectivity index (χ1v) is 6.80. The first kappa shape index (κ1) is 13.6. The summed E-state index contributed by atoms with van der Waals surface area (Å²) in [5.41, 5.74) is 1.68. The van der Waals surface area contributed by atoms with Gasteiger partial charge in [0.05, 0.1) is 0 Å². The minimum Gasteiger partial charge on any atom is -0.485 e. The molecule has 0 saturated heterocycles. The maximum absolute atomic E-state index is 12.3. The summed E-state index contributed by atoms with van der Waals surface area (Å²) in [6, 6.07) is 13.9. The van der Waals surface area contributed by atoms with Gasteiger partial charge in [-0.2, -0.15) is 0 Å². The van der Waals surface area contributed by atoms with Crippen LogP contribution in [0, 0.1) is 0 Å². The smallest absolute Gasteiger partial charge is 0.228 e. The number of hydrogen-bond acceptors (Lipinski definition) is 3. The topological polar surface area (TPSA) is 43.4 Å². The first-order chi connectivity index (χ1) is 10.1. The van der Waals surface area contributed by atoms with Gasteiger partial charge in [0.15, 0.2) is 11.5 Å². The fourth-order valence-corrected chi connectivity index (χ4v) is 2.27. The molecule has 0 aromatic heterocycles. The number of benzene rings is 2. The molecule has 0 bridgehead atoms. The molecule has 0 saturated carbocycles. The summed E-state index contributed by atoms with van der Waals surface area (Å²) in [6.45, 7) is 0.212. The molecule has 2 aromatic carbocycles. The average molecular weight is 299 g/mol. The molecule has 2 aromatic rings. The molecule has 0 unspecified atom stereocenters. The highest BCUT2D eigenvalue weighted by Gasteiger charge is 2.26. The zero-order chi connectivity index (χ0) is 14.8. The van der Waals surface area contributed by atoms with Gasteiger partial charge in [0.25, 0.3) is 0 Å². The minimum absolute atomic E-state index is 0.0775. The van der Waals surface area contributed by atoms with E-state index in [0.29, 0.717) is 16.1 Å². The highest BCUT2D eigenvalue weighted by Crippen LogP contribution is 2.22. The van der Waals surface area contributed by atoms with E-state index in [1.54, 1.807) is 36.4 Å². The van der Waals surface area contributed by atoms with E-state index in [2.05, 4.69) is 0 Å².